The minimum absolute atomic E-state index is 0.00444. The predicted octanol–water partition coefficient (Wildman–Crippen LogP) is 3.74. The standard InChI is InChI=1S/C21H24F4N4O3/c1-12-11-31-16-9-13(17-26-18(32-27-17)21(23,24)25)8-15(22)14(16)10-29(12)19(30)20(2)4-6-28(3)7-5-20/h8-9,12H,4-7,10-11H2,1-3H3/t12-/m1/s1. The normalized spacial score (nSPS) is 21.6. The number of fused-ring (bicyclic) bond motifs is 1. The van der Waals surface area contributed by atoms with Crippen LogP contribution in [0.5, 0.6) is 5.75 Å². The number of carbonyl (C=O) groups is 1. The van der Waals surface area contributed by atoms with E-state index in [9.17, 15) is 18.0 Å². The van der Waals surface area contributed by atoms with Crippen molar-refractivity contribution in [3.8, 4) is 17.1 Å². The molecule has 3 heterocycles. The number of rotatable bonds is 2. The number of piperidine rings is 1. The Bertz CT molecular complexity index is 1010. The molecule has 0 N–H and O–H groups in total. The molecule has 1 amide bonds. The number of nitrogens with zero attached hydrogens (tertiary/aromatic N) is 4. The van der Waals surface area contributed by atoms with Crippen LogP contribution >= 0.6 is 0 Å². The van der Waals surface area contributed by atoms with Crippen molar-refractivity contribution in [2.24, 2.45) is 5.41 Å². The molecule has 0 radical (unpaired) electrons. The molecule has 174 valence electrons. The SMILES string of the molecule is C[C@@H]1COc2cc(-c3noc(C(F)(F)F)n3)cc(F)c2CN1C(=O)C1(C)CCN(C)CC1. The maximum absolute atomic E-state index is 15.1. The van der Waals surface area contributed by atoms with Gasteiger partial charge in [0.25, 0.3) is 0 Å². The molecule has 0 saturated carbocycles. The minimum atomic E-state index is -4.80. The molecular weight excluding hydrogens is 432 g/mol. The summed E-state index contributed by atoms with van der Waals surface area (Å²) in [6.45, 7) is 5.51. The third kappa shape index (κ3) is 4.17. The molecule has 7 nitrogen and oxygen atoms in total. The molecule has 1 atom stereocenters. The lowest BCUT2D eigenvalue weighted by Gasteiger charge is -2.41. The lowest BCUT2D eigenvalue weighted by atomic mass is 9.78. The number of aromatic nitrogens is 2. The fourth-order valence-corrected chi connectivity index (χ4v) is 4.05. The highest BCUT2D eigenvalue weighted by molar-refractivity contribution is 5.83. The van der Waals surface area contributed by atoms with Crippen LogP contribution in [0.3, 0.4) is 0 Å². The number of likely N-dealkylation sites (tertiary alicyclic amines) is 1. The van der Waals surface area contributed by atoms with Crippen LogP contribution in [0.2, 0.25) is 0 Å². The van der Waals surface area contributed by atoms with Crippen LogP contribution in [-0.2, 0) is 17.5 Å². The van der Waals surface area contributed by atoms with Gasteiger partial charge in [0.1, 0.15) is 18.2 Å². The van der Waals surface area contributed by atoms with Gasteiger partial charge in [0.2, 0.25) is 11.7 Å². The molecule has 0 bridgehead atoms. The van der Waals surface area contributed by atoms with E-state index in [2.05, 4.69) is 19.6 Å². The van der Waals surface area contributed by atoms with Crippen molar-refractivity contribution in [2.45, 2.75) is 45.5 Å². The van der Waals surface area contributed by atoms with Crippen molar-refractivity contribution in [3.63, 3.8) is 0 Å². The maximum Gasteiger partial charge on any atom is 0.471 e. The quantitative estimate of drug-likeness (QED) is 0.642. The Morgan fingerprint density at radius 2 is 1.94 bits per heavy atom. The van der Waals surface area contributed by atoms with Crippen LogP contribution in [0.15, 0.2) is 16.7 Å². The van der Waals surface area contributed by atoms with Crippen molar-refractivity contribution in [1.82, 2.24) is 19.9 Å². The van der Waals surface area contributed by atoms with E-state index in [0.29, 0.717) is 12.8 Å². The summed E-state index contributed by atoms with van der Waals surface area (Å²) in [6.07, 6.45) is -3.38. The van der Waals surface area contributed by atoms with Crippen LogP contribution in [0.1, 0.15) is 38.1 Å². The molecule has 0 aliphatic carbocycles. The first kappa shape index (κ1) is 22.5. The Kier molecular flexibility index (Phi) is 5.64. The van der Waals surface area contributed by atoms with Crippen molar-refractivity contribution < 1.29 is 31.6 Å². The number of hydrogen-bond donors (Lipinski definition) is 0. The molecule has 0 unspecified atom stereocenters. The molecule has 1 fully saturated rings. The van der Waals surface area contributed by atoms with Crippen LogP contribution < -0.4 is 4.74 Å². The molecule has 2 aromatic rings. The second-order valence-electron chi connectivity index (χ2n) is 8.81. The number of halogens is 4. The topological polar surface area (TPSA) is 71.7 Å². The first-order chi connectivity index (χ1) is 15.0. The zero-order chi connectivity index (χ0) is 23.3. The monoisotopic (exact) mass is 456 g/mol. The maximum atomic E-state index is 15.1. The van der Waals surface area contributed by atoms with Crippen LogP contribution in [0.25, 0.3) is 11.4 Å². The van der Waals surface area contributed by atoms with E-state index in [-0.39, 0.29) is 42.0 Å². The molecule has 11 heteroatoms. The average Bonchev–Trinajstić information content (AvgIpc) is 3.17. The summed E-state index contributed by atoms with van der Waals surface area (Å²) in [4.78, 5) is 20.6. The zero-order valence-electron chi connectivity index (χ0n) is 18.0. The van der Waals surface area contributed by atoms with Crippen molar-refractivity contribution in [2.75, 3.05) is 26.7 Å². The van der Waals surface area contributed by atoms with Crippen LogP contribution in [0.4, 0.5) is 17.6 Å². The van der Waals surface area contributed by atoms with Crippen LogP contribution in [0, 0.1) is 11.2 Å². The van der Waals surface area contributed by atoms with Gasteiger partial charge < -0.3 is 19.1 Å². The molecule has 4 rings (SSSR count). The van der Waals surface area contributed by atoms with Gasteiger partial charge in [-0.05, 0) is 52.0 Å². The van der Waals surface area contributed by atoms with Gasteiger partial charge in [-0.1, -0.05) is 12.1 Å². The third-order valence-corrected chi connectivity index (χ3v) is 6.29. The van der Waals surface area contributed by atoms with Gasteiger partial charge in [0, 0.05) is 16.5 Å². The number of alkyl halides is 3. The lowest BCUT2D eigenvalue weighted by Crippen LogP contribution is -2.51. The summed E-state index contributed by atoms with van der Waals surface area (Å²) in [6, 6.07) is 2.10. The van der Waals surface area contributed by atoms with Crippen LogP contribution in [-0.4, -0.2) is 58.6 Å². The molecule has 32 heavy (non-hydrogen) atoms. The van der Waals surface area contributed by atoms with Crippen molar-refractivity contribution in [3.05, 3.63) is 29.4 Å². The lowest BCUT2D eigenvalue weighted by molar-refractivity contribution is -0.159. The molecular formula is C21H24F4N4O3. The minimum Gasteiger partial charge on any atom is -0.491 e. The number of amides is 1. The Morgan fingerprint density at radius 1 is 1.25 bits per heavy atom. The Morgan fingerprint density at radius 3 is 2.56 bits per heavy atom. The molecule has 1 aromatic heterocycles. The van der Waals surface area contributed by atoms with Gasteiger partial charge in [0.05, 0.1) is 12.6 Å². The van der Waals surface area contributed by atoms with Gasteiger partial charge in [-0.15, -0.1) is 0 Å². The summed E-state index contributed by atoms with van der Waals surface area (Å²) < 4.78 is 63.3. The van der Waals surface area contributed by atoms with E-state index in [4.69, 9.17) is 4.74 Å². The highest BCUT2D eigenvalue weighted by Crippen LogP contribution is 2.38. The molecule has 2 aliphatic rings. The van der Waals surface area contributed by atoms with Gasteiger partial charge >= 0.3 is 12.1 Å². The first-order valence-electron chi connectivity index (χ1n) is 10.3. The Labute approximate surface area is 182 Å². The highest BCUT2D eigenvalue weighted by atomic mass is 19.4. The second kappa shape index (κ2) is 8.02. The number of benzene rings is 1. The van der Waals surface area contributed by atoms with E-state index in [1.807, 2.05) is 20.9 Å². The Hall–Kier alpha value is -2.69. The summed E-state index contributed by atoms with van der Waals surface area (Å²) in [5.41, 5.74) is -0.377. The van der Waals surface area contributed by atoms with E-state index in [0.717, 1.165) is 19.2 Å². The smallest absolute Gasteiger partial charge is 0.471 e. The third-order valence-electron chi connectivity index (χ3n) is 6.29. The molecule has 2 aliphatic heterocycles. The Balaban J connectivity index is 1.62. The summed E-state index contributed by atoms with van der Waals surface area (Å²) in [5, 5.41) is 3.30. The fourth-order valence-electron chi connectivity index (χ4n) is 4.05. The van der Waals surface area contributed by atoms with E-state index in [1.165, 1.54) is 6.07 Å². The summed E-state index contributed by atoms with van der Waals surface area (Å²) >= 11 is 0. The largest absolute Gasteiger partial charge is 0.491 e. The first-order valence-corrected chi connectivity index (χ1v) is 10.3. The second-order valence-corrected chi connectivity index (χ2v) is 8.81. The summed E-state index contributed by atoms with van der Waals surface area (Å²) in [7, 11) is 2.01. The van der Waals surface area contributed by atoms with Gasteiger partial charge in [-0.25, -0.2) is 4.39 Å². The van der Waals surface area contributed by atoms with Crippen molar-refractivity contribution in [1.29, 1.82) is 0 Å². The van der Waals surface area contributed by atoms with Crippen molar-refractivity contribution >= 4 is 5.91 Å². The predicted molar refractivity (Wildman–Crippen MR) is 105 cm³/mol. The van der Waals surface area contributed by atoms with Gasteiger partial charge in [-0.2, -0.15) is 18.2 Å². The van der Waals surface area contributed by atoms with E-state index >= 15 is 4.39 Å². The van der Waals surface area contributed by atoms with E-state index < -0.39 is 29.1 Å². The van der Waals surface area contributed by atoms with Gasteiger partial charge in [0.15, 0.2) is 0 Å². The fraction of sp³-hybridized carbons (Fsp3) is 0.571. The molecule has 1 saturated heterocycles. The summed E-state index contributed by atoms with van der Waals surface area (Å²) in [5.74, 6) is -2.52. The number of hydrogen-bond acceptors (Lipinski definition) is 6. The highest BCUT2D eigenvalue weighted by Gasteiger charge is 2.42. The number of ether oxygens (including phenoxy) is 1. The molecule has 0 spiro atoms. The van der Waals surface area contributed by atoms with Gasteiger partial charge in [-0.3, -0.25) is 4.79 Å². The number of carbonyl (C=O) groups excluding carboxylic acids is 1. The molecule has 1 aromatic carbocycles. The average molecular weight is 456 g/mol. The van der Waals surface area contributed by atoms with E-state index in [1.54, 1.807) is 4.90 Å². The zero-order valence-corrected chi connectivity index (χ0v) is 18.0.